The average Bonchev–Trinajstić information content (AvgIpc) is 2.65. The first-order valence-corrected chi connectivity index (χ1v) is 9.76. The highest BCUT2D eigenvalue weighted by molar-refractivity contribution is 5.81. The van der Waals surface area contributed by atoms with E-state index < -0.39 is 23.7 Å². The Morgan fingerprint density at radius 3 is 2.27 bits per heavy atom. The number of benzene rings is 1. The second-order valence-corrected chi connectivity index (χ2v) is 8.35. The molecule has 0 spiro atoms. The lowest BCUT2D eigenvalue weighted by Gasteiger charge is -2.22. The maximum absolute atomic E-state index is 12.6. The Hall–Kier alpha value is -3.09. The molecular formula is C23H30N2O5. The third-order valence-electron chi connectivity index (χ3n) is 4.75. The number of methoxy groups -OCH3 is 1. The van der Waals surface area contributed by atoms with Crippen LogP contribution in [0.1, 0.15) is 37.5 Å². The van der Waals surface area contributed by atoms with Gasteiger partial charge < -0.3 is 19.4 Å². The number of carbonyl (C=O) groups excluding carboxylic acids is 2. The van der Waals surface area contributed by atoms with E-state index in [2.05, 4.69) is 5.32 Å². The van der Waals surface area contributed by atoms with Crippen molar-refractivity contribution >= 4 is 12.1 Å². The number of hydrogen-bond donors (Lipinski definition) is 1. The molecule has 0 radical (unpaired) electrons. The zero-order valence-corrected chi connectivity index (χ0v) is 18.7. The van der Waals surface area contributed by atoms with Gasteiger partial charge in [0.1, 0.15) is 11.6 Å². The van der Waals surface area contributed by atoms with Crippen LogP contribution in [0.15, 0.2) is 35.3 Å². The average molecular weight is 415 g/mol. The van der Waals surface area contributed by atoms with Gasteiger partial charge >= 0.3 is 12.1 Å². The first-order chi connectivity index (χ1) is 13.9. The van der Waals surface area contributed by atoms with E-state index in [0.29, 0.717) is 5.56 Å². The number of ether oxygens (including phenoxy) is 2. The Kier molecular flexibility index (Phi) is 7.08. The fraction of sp³-hybridized carbons (Fsp3) is 0.435. The Morgan fingerprint density at radius 2 is 1.73 bits per heavy atom. The van der Waals surface area contributed by atoms with Crippen LogP contribution in [0.3, 0.4) is 0 Å². The number of pyridine rings is 1. The van der Waals surface area contributed by atoms with Crippen LogP contribution in [-0.2, 0) is 27.7 Å². The SMILES string of the molecule is COC(=O)[C@H](Cc1ccc(-c2c(C)c(C)cn(C)c2=O)cc1)NC(=O)OC(C)(C)C. The highest BCUT2D eigenvalue weighted by Crippen LogP contribution is 2.22. The highest BCUT2D eigenvalue weighted by Gasteiger charge is 2.25. The molecule has 0 aliphatic heterocycles. The number of aromatic nitrogens is 1. The van der Waals surface area contributed by atoms with E-state index in [-0.39, 0.29) is 12.0 Å². The summed E-state index contributed by atoms with van der Waals surface area (Å²) in [6.45, 7) is 9.13. The number of amides is 1. The standard InChI is InChI=1S/C23H30N2O5/c1-14-13-25(6)20(26)19(15(14)2)17-10-8-16(9-11-17)12-18(21(27)29-7)24-22(28)30-23(3,4)5/h8-11,13,18H,12H2,1-7H3,(H,24,28)/t18-/m0/s1. The summed E-state index contributed by atoms with van der Waals surface area (Å²) in [6.07, 6.45) is 1.36. The highest BCUT2D eigenvalue weighted by atomic mass is 16.6. The second-order valence-electron chi connectivity index (χ2n) is 8.35. The van der Waals surface area contributed by atoms with Crippen LogP contribution in [0.2, 0.25) is 0 Å². The lowest BCUT2D eigenvalue weighted by Crippen LogP contribution is -2.45. The number of esters is 1. The Bertz CT molecular complexity index is 984. The van der Waals surface area contributed by atoms with Crippen LogP contribution in [0.4, 0.5) is 4.79 Å². The monoisotopic (exact) mass is 414 g/mol. The summed E-state index contributed by atoms with van der Waals surface area (Å²) in [5.74, 6) is -0.562. The first-order valence-electron chi connectivity index (χ1n) is 9.76. The molecule has 1 atom stereocenters. The number of hydrogen-bond acceptors (Lipinski definition) is 5. The number of aryl methyl sites for hydroxylation is 2. The first kappa shape index (κ1) is 23.2. The Balaban J connectivity index is 2.25. The normalized spacial score (nSPS) is 12.2. The quantitative estimate of drug-likeness (QED) is 0.759. The van der Waals surface area contributed by atoms with Crippen molar-refractivity contribution in [2.24, 2.45) is 7.05 Å². The molecule has 1 aromatic heterocycles. The van der Waals surface area contributed by atoms with Crippen molar-refractivity contribution in [1.82, 2.24) is 9.88 Å². The van der Waals surface area contributed by atoms with Crippen LogP contribution in [0.25, 0.3) is 11.1 Å². The predicted molar refractivity (Wildman–Crippen MR) is 115 cm³/mol. The summed E-state index contributed by atoms with van der Waals surface area (Å²) in [4.78, 5) is 36.8. The van der Waals surface area contributed by atoms with Gasteiger partial charge in [0.05, 0.1) is 12.7 Å². The minimum absolute atomic E-state index is 0.0649. The Labute approximate surface area is 177 Å². The molecule has 0 bridgehead atoms. The molecule has 7 nitrogen and oxygen atoms in total. The topological polar surface area (TPSA) is 86.6 Å². The molecule has 1 N–H and O–H groups in total. The molecule has 1 amide bonds. The largest absolute Gasteiger partial charge is 0.467 e. The molecule has 2 aromatic rings. The van der Waals surface area contributed by atoms with E-state index in [1.165, 1.54) is 7.11 Å². The minimum Gasteiger partial charge on any atom is -0.467 e. The van der Waals surface area contributed by atoms with Crippen LogP contribution >= 0.6 is 0 Å². The van der Waals surface area contributed by atoms with Gasteiger partial charge in [0.2, 0.25) is 0 Å². The molecule has 0 saturated carbocycles. The van der Waals surface area contributed by atoms with Crippen LogP contribution in [-0.4, -0.2) is 35.4 Å². The number of nitrogens with one attached hydrogen (secondary N) is 1. The van der Waals surface area contributed by atoms with Crippen LogP contribution < -0.4 is 10.9 Å². The van der Waals surface area contributed by atoms with E-state index in [4.69, 9.17) is 9.47 Å². The van der Waals surface area contributed by atoms with E-state index in [0.717, 1.165) is 22.3 Å². The zero-order chi connectivity index (χ0) is 22.6. The maximum Gasteiger partial charge on any atom is 0.408 e. The minimum atomic E-state index is -0.885. The van der Waals surface area contributed by atoms with Crippen molar-refractivity contribution in [3.8, 4) is 11.1 Å². The van der Waals surface area contributed by atoms with Crippen LogP contribution in [0, 0.1) is 13.8 Å². The molecule has 30 heavy (non-hydrogen) atoms. The van der Waals surface area contributed by atoms with Crippen molar-refractivity contribution < 1.29 is 19.1 Å². The molecule has 162 valence electrons. The summed E-state index contributed by atoms with van der Waals surface area (Å²) in [7, 11) is 3.00. The van der Waals surface area contributed by atoms with Gasteiger partial charge in [-0.2, -0.15) is 0 Å². The molecule has 0 unspecified atom stereocenters. The van der Waals surface area contributed by atoms with Crippen molar-refractivity contribution in [2.75, 3.05) is 7.11 Å². The van der Waals surface area contributed by atoms with Gasteiger partial charge in [0.25, 0.3) is 5.56 Å². The van der Waals surface area contributed by atoms with E-state index >= 15 is 0 Å². The number of nitrogens with zero attached hydrogens (tertiary/aromatic N) is 1. The van der Waals surface area contributed by atoms with Crippen molar-refractivity contribution in [2.45, 2.75) is 52.7 Å². The number of rotatable bonds is 5. The van der Waals surface area contributed by atoms with Crippen molar-refractivity contribution in [3.63, 3.8) is 0 Å². The number of alkyl carbamates (subject to hydrolysis) is 1. The van der Waals surface area contributed by atoms with Crippen molar-refractivity contribution in [1.29, 1.82) is 0 Å². The van der Waals surface area contributed by atoms with Gasteiger partial charge in [0.15, 0.2) is 0 Å². The van der Waals surface area contributed by atoms with Crippen molar-refractivity contribution in [3.05, 3.63) is 57.5 Å². The maximum atomic E-state index is 12.6. The van der Waals surface area contributed by atoms with E-state index in [9.17, 15) is 14.4 Å². The third-order valence-corrected chi connectivity index (χ3v) is 4.75. The lowest BCUT2D eigenvalue weighted by molar-refractivity contribution is -0.143. The summed E-state index contributed by atoms with van der Waals surface area (Å²) in [6, 6.07) is 6.48. The van der Waals surface area contributed by atoms with E-state index in [1.54, 1.807) is 32.4 Å². The molecule has 7 heteroatoms. The van der Waals surface area contributed by atoms with Gasteiger partial charge in [-0.05, 0) is 56.9 Å². The molecule has 0 fully saturated rings. The van der Waals surface area contributed by atoms with Gasteiger partial charge in [-0.1, -0.05) is 24.3 Å². The van der Waals surface area contributed by atoms with Crippen LogP contribution in [0.5, 0.6) is 0 Å². The fourth-order valence-electron chi connectivity index (χ4n) is 3.15. The molecule has 1 aromatic carbocycles. The molecule has 2 rings (SSSR count). The van der Waals surface area contributed by atoms with Gasteiger partial charge in [0, 0.05) is 19.7 Å². The molecule has 0 aliphatic rings. The summed E-state index contributed by atoms with van der Waals surface area (Å²) >= 11 is 0. The summed E-state index contributed by atoms with van der Waals surface area (Å²) < 4.78 is 11.6. The Morgan fingerprint density at radius 1 is 1.13 bits per heavy atom. The second kappa shape index (κ2) is 9.15. The molecular weight excluding hydrogens is 384 g/mol. The third kappa shape index (κ3) is 5.72. The summed E-state index contributed by atoms with van der Waals surface area (Å²) in [5.41, 5.74) is 3.49. The lowest BCUT2D eigenvalue weighted by atomic mass is 9.97. The summed E-state index contributed by atoms with van der Waals surface area (Å²) in [5, 5.41) is 2.56. The predicted octanol–water partition coefficient (Wildman–Crippen LogP) is 3.28. The van der Waals surface area contributed by atoms with Gasteiger partial charge in [-0.15, -0.1) is 0 Å². The van der Waals surface area contributed by atoms with Gasteiger partial charge in [-0.25, -0.2) is 9.59 Å². The zero-order valence-electron chi connectivity index (χ0n) is 18.7. The smallest absolute Gasteiger partial charge is 0.408 e. The number of carbonyl (C=O) groups is 2. The van der Waals surface area contributed by atoms with E-state index in [1.807, 2.05) is 44.3 Å². The molecule has 0 aliphatic carbocycles. The molecule has 1 heterocycles. The fourth-order valence-corrected chi connectivity index (χ4v) is 3.15. The van der Waals surface area contributed by atoms with Gasteiger partial charge in [-0.3, -0.25) is 4.79 Å². The molecule has 0 saturated heterocycles.